The summed E-state index contributed by atoms with van der Waals surface area (Å²) >= 11 is -1.33. The summed E-state index contributed by atoms with van der Waals surface area (Å²) in [5.74, 6) is 0.153. The van der Waals surface area contributed by atoms with Crippen LogP contribution >= 0.6 is 0 Å². The predicted octanol–water partition coefficient (Wildman–Crippen LogP) is 4.26. The van der Waals surface area contributed by atoms with E-state index in [0.29, 0.717) is 15.8 Å². The summed E-state index contributed by atoms with van der Waals surface area (Å²) in [5, 5.41) is 0.533. The van der Waals surface area contributed by atoms with Gasteiger partial charge in [-0.25, -0.2) is 0 Å². The van der Waals surface area contributed by atoms with E-state index in [1.807, 2.05) is 30.3 Å². The Morgan fingerprint density at radius 2 is 1.68 bits per heavy atom. The Bertz CT molecular complexity index is 387. The van der Waals surface area contributed by atoms with Gasteiger partial charge in [-0.1, -0.05) is 0 Å². The van der Waals surface area contributed by atoms with Crippen molar-refractivity contribution >= 4 is 10.2 Å². The molecule has 0 radical (unpaired) electrons. The number of ketones is 1. The standard InChI is InChI=1S/C8H7O.C8H15O.Zn/c1-7(9)8-5-3-2-4-6-8;1-2-3-4-5-6-7-8-9;/h2-6H,1H2;2-7H2,1H3;. The molecule has 100 valence electrons. The van der Waals surface area contributed by atoms with Crippen LogP contribution in [0.3, 0.4) is 0 Å². The molecule has 0 aromatic heterocycles. The molecule has 0 bridgehead atoms. The second-order valence-corrected chi connectivity index (χ2v) is 8.74. The van der Waals surface area contributed by atoms with Crippen LogP contribution in [-0.2, 0) is 21.9 Å². The molecular formula is C16H22O2Zn. The average Bonchev–Trinajstić information content (AvgIpc) is 2.45. The van der Waals surface area contributed by atoms with Gasteiger partial charge in [0.1, 0.15) is 0 Å². The van der Waals surface area contributed by atoms with E-state index in [1.165, 1.54) is 19.3 Å². The van der Waals surface area contributed by atoms with Crippen molar-refractivity contribution in [3.05, 3.63) is 35.9 Å². The van der Waals surface area contributed by atoms with Crippen LogP contribution in [-0.4, -0.2) is 10.2 Å². The van der Waals surface area contributed by atoms with Crippen molar-refractivity contribution in [1.82, 2.24) is 0 Å². The fraction of sp³-hybridized carbons (Fsp3) is 0.500. The Labute approximate surface area is 123 Å². The molecule has 0 aliphatic heterocycles. The molecule has 0 spiro atoms. The van der Waals surface area contributed by atoms with Crippen molar-refractivity contribution in [2.45, 2.75) is 50.5 Å². The van der Waals surface area contributed by atoms with Crippen LogP contribution < -0.4 is 0 Å². The summed E-state index contributed by atoms with van der Waals surface area (Å²) in [6.07, 6.45) is 6.63. The molecule has 0 aliphatic carbocycles. The maximum absolute atomic E-state index is 11.9. The van der Waals surface area contributed by atoms with E-state index in [9.17, 15) is 9.59 Å². The third kappa shape index (κ3) is 7.37. The number of hydrogen-bond acceptors (Lipinski definition) is 2. The minimum absolute atomic E-state index is 0.153. The molecule has 1 aromatic rings. The monoisotopic (exact) mass is 310 g/mol. The Morgan fingerprint density at radius 3 is 2.37 bits per heavy atom. The predicted molar refractivity (Wildman–Crippen MR) is 74.0 cm³/mol. The number of carbonyl (C=O) groups is 2. The van der Waals surface area contributed by atoms with Crippen molar-refractivity contribution in [3.8, 4) is 0 Å². The second-order valence-electron chi connectivity index (χ2n) is 4.99. The van der Waals surface area contributed by atoms with Crippen molar-refractivity contribution in [3.63, 3.8) is 0 Å². The molecule has 0 heterocycles. The van der Waals surface area contributed by atoms with Crippen LogP contribution in [0.15, 0.2) is 30.3 Å². The summed E-state index contributed by atoms with van der Waals surface area (Å²) < 4.78 is 0.410. The number of rotatable bonds is 10. The first kappa shape index (κ1) is 16.2. The van der Waals surface area contributed by atoms with E-state index in [4.69, 9.17) is 0 Å². The van der Waals surface area contributed by atoms with Gasteiger partial charge in [-0.2, -0.15) is 0 Å². The van der Waals surface area contributed by atoms with Crippen LogP contribution in [0.2, 0.25) is 5.02 Å². The van der Waals surface area contributed by atoms with Crippen LogP contribution in [0.4, 0.5) is 0 Å². The SMILES string of the molecule is CCCCCCC[C](=O)[Zn][CH2]C(=O)c1ccccc1. The summed E-state index contributed by atoms with van der Waals surface area (Å²) in [7, 11) is 0. The van der Waals surface area contributed by atoms with Gasteiger partial charge in [-0.05, 0) is 0 Å². The molecule has 0 fully saturated rings. The topological polar surface area (TPSA) is 34.1 Å². The van der Waals surface area contributed by atoms with Crippen LogP contribution in [0.25, 0.3) is 0 Å². The van der Waals surface area contributed by atoms with Gasteiger partial charge in [0.05, 0.1) is 0 Å². The zero-order valence-electron chi connectivity index (χ0n) is 11.9. The van der Waals surface area contributed by atoms with Gasteiger partial charge in [0.25, 0.3) is 0 Å². The first-order valence-electron chi connectivity index (χ1n) is 7.34. The Kier molecular flexibility index (Phi) is 8.57. The van der Waals surface area contributed by atoms with E-state index in [1.54, 1.807) is 0 Å². The Morgan fingerprint density at radius 1 is 1.00 bits per heavy atom. The van der Waals surface area contributed by atoms with Gasteiger partial charge in [0.15, 0.2) is 0 Å². The van der Waals surface area contributed by atoms with E-state index >= 15 is 0 Å². The van der Waals surface area contributed by atoms with E-state index in [-0.39, 0.29) is 5.78 Å². The van der Waals surface area contributed by atoms with Gasteiger partial charge < -0.3 is 0 Å². The zero-order chi connectivity index (χ0) is 13.9. The molecule has 1 rings (SSSR count). The van der Waals surface area contributed by atoms with Crippen molar-refractivity contribution in [2.75, 3.05) is 0 Å². The summed E-state index contributed by atoms with van der Waals surface area (Å²) in [4.78, 5) is 23.6. The fourth-order valence-electron chi connectivity index (χ4n) is 2.07. The molecule has 19 heavy (non-hydrogen) atoms. The third-order valence-corrected chi connectivity index (χ3v) is 6.67. The average molecular weight is 312 g/mol. The van der Waals surface area contributed by atoms with E-state index in [0.717, 1.165) is 18.4 Å². The molecule has 2 nitrogen and oxygen atoms in total. The molecule has 0 saturated heterocycles. The Balaban J connectivity index is 2.15. The number of benzene rings is 1. The number of Topliss-reactive ketones (excluding diaryl/α,β-unsaturated/α-hetero) is 1. The maximum atomic E-state index is 11.9. The minimum atomic E-state index is -1.33. The van der Waals surface area contributed by atoms with Crippen LogP contribution in [0.5, 0.6) is 0 Å². The van der Waals surface area contributed by atoms with Gasteiger partial charge in [0.2, 0.25) is 0 Å². The van der Waals surface area contributed by atoms with Gasteiger partial charge in [-0.3, -0.25) is 0 Å². The summed E-state index contributed by atoms with van der Waals surface area (Å²) in [6, 6.07) is 9.31. The first-order chi connectivity index (χ1) is 9.24. The van der Waals surface area contributed by atoms with Gasteiger partial charge >= 0.3 is 123 Å². The number of hydrogen-bond donors (Lipinski definition) is 0. The molecule has 0 aliphatic rings. The number of unbranched alkanes of at least 4 members (excludes halogenated alkanes) is 4. The first-order valence-corrected chi connectivity index (χ1v) is 10.9. The summed E-state index contributed by atoms with van der Waals surface area (Å²) in [5.41, 5.74) is 0.754. The van der Waals surface area contributed by atoms with Crippen molar-refractivity contribution in [1.29, 1.82) is 0 Å². The molecule has 0 saturated carbocycles. The molecule has 0 unspecified atom stereocenters. The van der Waals surface area contributed by atoms with E-state index < -0.39 is 17.1 Å². The van der Waals surface area contributed by atoms with Gasteiger partial charge in [0, 0.05) is 0 Å². The van der Waals surface area contributed by atoms with Crippen LogP contribution in [0.1, 0.15) is 55.8 Å². The quantitative estimate of drug-likeness (QED) is 0.367. The molecule has 0 atom stereocenters. The van der Waals surface area contributed by atoms with Crippen molar-refractivity contribution < 1.29 is 26.7 Å². The number of carbonyl (C=O) groups excluding carboxylic acids is 2. The van der Waals surface area contributed by atoms with E-state index in [2.05, 4.69) is 6.92 Å². The molecule has 0 amide bonds. The summed E-state index contributed by atoms with van der Waals surface area (Å²) in [6.45, 7) is 2.19. The fourth-order valence-corrected chi connectivity index (χ4v) is 4.79. The normalized spacial score (nSPS) is 9.95. The molecule has 0 N–H and O–H groups in total. The third-order valence-electron chi connectivity index (χ3n) is 3.29. The van der Waals surface area contributed by atoms with Gasteiger partial charge in [-0.15, -0.1) is 0 Å². The molecule has 1 aromatic carbocycles. The molecule has 3 heteroatoms. The second kappa shape index (κ2) is 10.0. The van der Waals surface area contributed by atoms with Crippen LogP contribution in [0, 0.1) is 0 Å². The Hall–Kier alpha value is -0.817. The van der Waals surface area contributed by atoms with Crippen molar-refractivity contribution in [2.24, 2.45) is 0 Å². The zero-order valence-corrected chi connectivity index (χ0v) is 14.8. The molecular weight excluding hydrogens is 290 g/mol.